The Kier molecular flexibility index (Phi) is 4.05. The van der Waals surface area contributed by atoms with Crippen molar-refractivity contribution in [3.63, 3.8) is 0 Å². The van der Waals surface area contributed by atoms with E-state index in [-0.39, 0.29) is 12.5 Å². The van der Waals surface area contributed by atoms with Crippen LogP contribution in [0.4, 0.5) is 4.79 Å². The predicted octanol–water partition coefficient (Wildman–Crippen LogP) is 1.41. The first-order valence-corrected chi connectivity index (χ1v) is 7.84. The maximum Gasteiger partial charge on any atom is 0.325 e. The van der Waals surface area contributed by atoms with Crippen LogP contribution < -0.4 is 5.32 Å². The lowest BCUT2D eigenvalue weighted by atomic mass is 9.87. The molecule has 0 bridgehead atoms. The molecule has 2 heterocycles. The minimum Gasteiger partial charge on any atom is -0.323 e. The number of amides is 3. The van der Waals surface area contributed by atoms with Crippen molar-refractivity contribution in [2.75, 3.05) is 19.6 Å². The highest BCUT2D eigenvalue weighted by molar-refractivity contribution is 6.07. The number of nitrogens with one attached hydrogen (secondary N) is 1. The first-order valence-electron chi connectivity index (χ1n) is 7.84. The fraction of sp³-hybridized carbons (Fsp3) is 0.471. The second-order valence-corrected chi connectivity index (χ2v) is 6.26. The van der Waals surface area contributed by atoms with E-state index in [0.717, 1.165) is 24.5 Å². The number of rotatable bonds is 3. The topological polar surface area (TPSA) is 76.4 Å². The molecule has 3 rings (SSSR count). The molecule has 0 aliphatic carbocycles. The molecular formula is C17H20N4O2. The Hall–Kier alpha value is -2.39. The second-order valence-electron chi connectivity index (χ2n) is 6.26. The van der Waals surface area contributed by atoms with Crippen molar-refractivity contribution < 1.29 is 9.59 Å². The number of hydrogen-bond acceptors (Lipinski definition) is 4. The highest BCUT2D eigenvalue weighted by atomic mass is 16.2. The van der Waals surface area contributed by atoms with Gasteiger partial charge >= 0.3 is 6.03 Å². The molecule has 1 aromatic carbocycles. The number of carbonyl (C=O) groups is 2. The van der Waals surface area contributed by atoms with Gasteiger partial charge in [-0.15, -0.1) is 0 Å². The molecule has 2 aliphatic rings. The van der Waals surface area contributed by atoms with Crippen LogP contribution in [0.1, 0.15) is 24.0 Å². The summed E-state index contributed by atoms with van der Waals surface area (Å²) in [7, 11) is 0. The summed E-state index contributed by atoms with van der Waals surface area (Å²) in [4.78, 5) is 27.7. The number of urea groups is 1. The average Bonchev–Trinajstić information content (AvgIpc) is 2.77. The van der Waals surface area contributed by atoms with E-state index in [2.05, 4.69) is 29.3 Å². The molecule has 1 aromatic rings. The molecule has 2 aliphatic heterocycles. The van der Waals surface area contributed by atoms with Crippen molar-refractivity contribution in [2.45, 2.75) is 31.8 Å². The van der Waals surface area contributed by atoms with Crippen LogP contribution in [0.2, 0.25) is 0 Å². The quantitative estimate of drug-likeness (QED) is 0.676. The van der Waals surface area contributed by atoms with Crippen LogP contribution in [0.5, 0.6) is 0 Å². The van der Waals surface area contributed by atoms with E-state index in [1.54, 1.807) is 0 Å². The zero-order chi connectivity index (χ0) is 16.4. The molecule has 0 radical (unpaired) electrons. The van der Waals surface area contributed by atoms with Gasteiger partial charge < -0.3 is 5.32 Å². The number of carbonyl (C=O) groups excluding carboxylic acids is 2. The number of benzene rings is 1. The normalized spacial score (nSPS) is 20.6. The molecule has 0 unspecified atom stereocenters. The molecule has 23 heavy (non-hydrogen) atoms. The molecule has 0 aromatic heterocycles. The molecule has 6 nitrogen and oxygen atoms in total. The fourth-order valence-corrected chi connectivity index (χ4v) is 3.35. The third-order valence-corrected chi connectivity index (χ3v) is 4.84. The molecule has 0 atom stereocenters. The number of piperidine rings is 1. The van der Waals surface area contributed by atoms with Gasteiger partial charge in [0.05, 0.1) is 6.07 Å². The number of imide groups is 1. The summed E-state index contributed by atoms with van der Waals surface area (Å²) in [5.41, 5.74) is 1.74. The van der Waals surface area contributed by atoms with E-state index in [4.69, 9.17) is 5.26 Å². The summed E-state index contributed by atoms with van der Waals surface area (Å²) < 4.78 is 0. The summed E-state index contributed by atoms with van der Waals surface area (Å²) >= 11 is 0. The van der Waals surface area contributed by atoms with Crippen molar-refractivity contribution in [3.8, 4) is 6.07 Å². The maximum absolute atomic E-state index is 12.5. The van der Waals surface area contributed by atoms with Gasteiger partial charge in [0.25, 0.3) is 5.91 Å². The average molecular weight is 312 g/mol. The lowest BCUT2D eigenvalue weighted by molar-refractivity contribution is -0.132. The van der Waals surface area contributed by atoms with Gasteiger partial charge in [0.1, 0.15) is 12.1 Å². The Morgan fingerprint density at radius 1 is 1.26 bits per heavy atom. The number of likely N-dealkylation sites (tertiary alicyclic amines) is 1. The van der Waals surface area contributed by atoms with Crippen molar-refractivity contribution in [1.82, 2.24) is 15.1 Å². The Labute approximate surface area is 135 Å². The number of hydrogen-bond donors (Lipinski definition) is 1. The zero-order valence-corrected chi connectivity index (χ0v) is 13.2. The second kappa shape index (κ2) is 6.01. The zero-order valence-electron chi connectivity index (χ0n) is 13.2. The van der Waals surface area contributed by atoms with E-state index >= 15 is 0 Å². The number of nitrogens with zero attached hydrogens (tertiary/aromatic N) is 3. The molecular weight excluding hydrogens is 292 g/mol. The van der Waals surface area contributed by atoms with Crippen LogP contribution in [0, 0.1) is 18.3 Å². The summed E-state index contributed by atoms with van der Waals surface area (Å²) in [6.07, 6.45) is 1.18. The Morgan fingerprint density at radius 2 is 1.96 bits per heavy atom. The van der Waals surface area contributed by atoms with E-state index < -0.39 is 11.6 Å². The van der Waals surface area contributed by atoms with Gasteiger partial charge in [-0.25, -0.2) is 9.69 Å². The van der Waals surface area contributed by atoms with Gasteiger partial charge in [0.2, 0.25) is 0 Å². The molecule has 0 saturated carbocycles. The van der Waals surface area contributed by atoms with Gasteiger partial charge in [-0.3, -0.25) is 9.69 Å². The van der Waals surface area contributed by atoms with Crippen LogP contribution >= 0.6 is 0 Å². The molecule has 2 saturated heterocycles. The Balaban J connectivity index is 1.65. The number of aryl methyl sites for hydroxylation is 1. The maximum atomic E-state index is 12.5. The van der Waals surface area contributed by atoms with Crippen LogP contribution in [0.3, 0.4) is 0 Å². The third kappa shape index (κ3) is 2.80. The summed E-state index contributed by atoms with van der Waals surface area (Å²) in [6.45, 7) is 4.27. The summed E-state index contributed by atoms with van der Waals surface area (Å²) in [6, 6.07) is 9.72. The predicted molar refractivity (Wildman–Crippen MR) is 84.3 cm³/mol. The minimum atomic E-state index is -0.809. The van der Waals surface area contributed by atoms with E-state index in [0.29, 0.717) is 12.8 Å². The highest BCUT2D eigenvalue weighted by Crippen LogP contribution is 2.30. The smallest absolute Gasteiger partial charge is 0.323 e. The molecule has 6 heteroatoms. The Morgan fingerprint density at radius 3 is 2.61 bits per heavy atom. The largest absolute Gasteiger partial charge is 0.325 e. The van der Waals surface area contributed by atoms with Crippen LogP contribution in [-0.2, 0) is 11.3 Å². The van der Waals surface area contributed by atoms with Crippen molar-refractivity contribution in [3.05, 3.63) is 35.4 Å². The number of nitriles is 1. The van der Waals surface area contributed by atoms with Crippen LogP contribution in [-0.4, -0.2) is 46.9 Å². The summed E-state index contributed by atoms with van der Waals surface area (Å²) in [5.74, 6) is -0.250. The van der Waals surface area contributed by atoms with Crippen molar-refractivity contribution in [1.29, 1.82) is 5.26 Å². The van der Waals surface area contributed by atoms with Gasteiger partial charge in [-0.1, -0.05) is 24.3 Å². The first kappa shape index (κ1) is 15.5. The van der Waals surface area contributed by atoms with Gasteiger partial charge in [-0.2, -0.15) is 5.26 Å². The first-order chi connectivity index (χ1) is 11.1. The third-order valence-electron chi connectivity index (χ3n) is 4.84. The lowest BCUT2D eigenvalue weighted by Gasteiger charge is -2.37. The van der Waals surface area contributed by atoms with E-state index in [1.165, 1.54) is 11.1 Å². The Bertz CT molecular complexity index is 671. The van der Waals surface area contributed by atoms with Gasteiger partial charge in [0.15, 0.2) is 0 Å². The van der Waals surface area contributed by atoms with Crippen LogP contribution in [0.25, 0.3) is 0 Å². The standard InChI is InChI=1S/C17H20N4O2/c1-13-4-2-3-5-14(13)12-20-9-6-17(7-10-20)15(22)21(11-8-18)16(23)19-17/h2-5H,6-7,9-12H2,1H3,(H,19,23). The van der Waals surface area contributed by atoms with E-state index in [1.807, 2.05) is 18.2 Å². The molecule has 2 fully saturated rings. The monoisotopic (exact) mass is 312 g/mol. The van der Waals surface area contributed by atoms with E-state index in [9.17, 15) is 9.59 Å². The van der Waals surface area contributed by atoms with Crippen molar-refractivity contribution >= 4 is 11.9 Å². The fourth-order valence-electron chi connectivity index (χ4n) is 3.35. The SMILES string of the molecule is Cc1ccccc1CN1CCC2(CC1)NC(=O)N(CC#N)C2=O. The molecule has 120 valence electrons. The van der Waals surface area contributed by atoms with Crippen molar-refractivity contribution in [2.24, 2.45) is 0 Å². The minimum absolute atomic E-state index is 0.181. The van der Waals surface area contributed by atoms with Crippen LogP contribution in [0.15, 0.2) is 24.3 Å². The lowest BCUT2D eigenvalue weighted by Crippen LogP contribution is -2.54. The molecule has 1 spiro atoms. The highest BCUT2D eigenvalue weighted by Gasteiger charge is 2.52. The molecule has 1 N–H and O–H groups in total. The van der Waals surface area contributed by atoms with Gasteiger partial charge in [-0.05, 0) is 30.9 Å². The van der Waals surface area contributed by atoms with Gasteiger partial charge in [0, 0.05) is 19.6 Å². The summed E-state index contributed by atoms with van der Waals surface area (Å²) in [5, 5.41) is 11.6. The molecule has 3 amide bonds.